The Labute approximate surface area is 101 Å². The number of hydrogen-bond donors (Lipinski definition) is 1. The van der Waals surface area contributed by atoms with Crippen LogP contribution >= 0.6 is 0 Å². The monoisotopic (exact) mass is 256 g/mol. The Morgan fingerprint density at radius 2 is 1.94 bits per heavy atom. The van der Waals surface area contributed by atoms with Crippen LogP contribution in [0.3, 0.4) is 0 Å². The lowest BCUT2D eigenvalue weighted by Gasteiger charge is -2.10. The molecular formula is C12H16O4S. The molecule has 2 rings (SSSR count). The molecule has 0 aliphatic heterocycles. The molecule has 1 aliphatic carbocycles. The lowest BCUT2D eigenvalue weighted by molar-refractivity contribution is 0.0923. The van der Waals surface area contributed by atoms with Crippen LogP contribution in [0, 0.1) is 12.8 Å². The minimum Gasteiger partial charge on any atom is -0.390 e. The van der Waals surface area contributed by atoms with E-state index in [4.69, 9.17) is 4.18 Å². The smallest absolute Gasteiger partial charge is 0.297 e. The molecule has 0 saturated heterocycles. The number of aryl methyl sites for hydroxylation is 1. The summed E-state index contributed by atoms with van der Waals surface area (Å²) in [6.07, 6.45) is 1.24. The summed E-state index contributed by atoms with van der Waals surface area (Å²) in [5, 5.41) is 9.55. The maximum atomic E-state index is 11.8. The molecule has 1 aromatic carbocycles. The highest BCUT2D eigenvalue weighted by Crippen LogP contribution is 2.32. The van der Waals surface area contributed by atoms with Gasteiger partial charge in [-0.25, -0.2) is 0 Å². The molecule has 0 bridgehead atoms. The van der Waals surface area contributed by atoms with Crippen LogP contribution in [0.15, 0.2) is 29.2 Å². The molecule has 0 unspecified atom stereocenters. The average molecular weight is 256 g/mol. The fourth-order valence-corrected chi connectivity index (χ4v) is 2.47. The molecule has 94 valence electrons. The first-order chi connectivity index (χ1) is 7.99. The van der Waals surface area contributed by atoms with E-state index >= 15 is 0 Å². The van der Waals surface area contributed by atoms with Crippen LogP contribution in [-0.4, -0.2) is 26.2 Å². The van der Waals surface area contributed by atoms with Crippen molar-refractivity contribution >= 4 is 10.1 Å². The fourth-order valence-electron chi connectivity index (χ4n) is 1.55. The Kier molecular flexibility index (Phi) is 3.51. The van der Waals surface area contributed by atoms with Gasteiger partial charge in [-0.1, -0.05) is 17.7 Å². The summed E-state index contributed by atoms with van der Waals surface area (Å²) in [5.74, 6) is 0.211. The number of aliphatic hydroxyl groups is 1. The Hall–Kier alpha value is -0.910. The van der Waals surface area contributed by atoms with E-state index < -0.39 is 16.2 Å². The van der Waals surface area contributed by atoms with Crippen molar-refractivity contribution in [1.82, 2.24) is 0 Å². The van der Waals surface area contributed by atoms with Gasteiger partial charge in [0.25, 0.3) is 10.1 Å². The summed E-state index contributed by atoms with van der Waals surface area (Å²) >= 11 is 0. The predicted molar refractivity (Wildman–Crippen MR) is 63.0 cm³/mol. The van der Waals surface area contributed by atoms with Gasteiger partial charge in [0.2, 0.25) is 0 Å². The van der Waals surface area contributed by atoms with Gasteiger partial charge in [-0.3, -0.25) is 4.18 Å². The van der Waals surface area contributed by atoms with Crippen molar-refractivity contribution in [2.24, 2.45) is 5.92 Å². The minimum absolute atomic E-state index is 0.131. The van der Waals surface area contributed by atoms with Crippen LogP contribution in [0.25, 0.3) is 0 Å². The van der Waals surface area contributed by atoms with Gasteiger partial charge in [0, 0.05) is 0 Å². The van der Waals surface area contributed by atoms with Crippen LogP contribution < -0.4 is 0 Å². The molecule has 1 atom stereocenters. The maximum absolute atomic E-state index is 11.8. The van der Waals surface area contributed by atoms with Crippen LogP contribution in [0.5, 0.6) is 0 Å². The van der Waals surface area contributed by atoms with Gasteiger partial charge in [-0.05, 0) is 37.8 Å². The van der Waals surface area contributed by atoms with Crippen LogP contribution in [0.2, 0.25) is 0 Å². The number of aliphatic hydroxyl groups excluding tert-OH is 1. The molecule has 1 N–H and O–H groups in total. The van der Waals surface area contributed by atoms with E-state index in [-0.39, 0.29) is 17.4 Å². The van der Waals surface area contributed by atoms with Crippen molar-refractivity contribution in [2.45, 2.75) is 30.8 Å². The zero-order valence-electron chi connectivity index (χ0n) is 9.67. The molecule has 0 spiro atoms. The third-order valence-corrected chi connectivity index (χ3v) is 4.17. The van der Waals surface area contributed by atoms with Crippen LogP contribution in [0.4, 0.5) is 0 Å². The van der Waals surface area contributed by atoms with E-state index in [1.54, 1.807) is 12.1 Å². The third kappa shape index (κ3) is 3.28. The number of rotatable bonds is 5. The van der Waals surface area contributed by atoms with Crippen molar-refractivity contribution in [3.63, 3.8) is 0 Å². The van der Waals surface area contributed by atoms with Crippen molar-refractivity contribution in [3.05, 3.63) is 29.8 Å². The highest BCUT2D eigenvalue weighted by molar-refractivity contribution is 7.86. The lowest BCUT2D eigenvalue weighted by atomic mass is 10.2. The second kappa shape index (κ2) is 4.76. The molecule has 1 saturated carbocycles. The normalized spacial score (nSPS) is 18.0. The van der Waals surface area contributed by atoms with E-state index in [2.05, 4.69) is 0 Å². The first-order valence-corrected chi connectivity index (χ1v) is 7.04. The summed E-state index contributed by atoms with van der Waals surface area (Å²) in [6.45, 7) is 1.73. The Morgan fingerprint density at radius 1 is 1.35 bits per heavy atom. The Balaban J connectivity index is 2.00. The summed E-state index contributed by atoms with van der Waals surface area (Å²) in [7, 11) is -3.74. The van der Waals surface area contributed by atoms with Gasteiger partial charge in [-0.15, -0.1) is 0 Å². The molecule has 0 aromatic heterocycles. The van der Waals surface area contributed by atoms with Gasteiger partial charge in [-0.2, -0.15) is 8.42 Å². The topological polar surface area (TPSA) is 63.6 Å². The zero-order valence-corrected chi connectivity index (χ0v) is 10.5. The van der Waals surface area contributed by atoms with E-state index in [0.717, 1.165) is 18.4 Å². The Bertz CT molecular complexity index is 474. The fraction of sp³-hybridized carbons (Fsp3) is 0.500. The van der Waals surface area contributed by atoms with Gasteiger partial charge in [0.15, 0.2) is 0 Å². The summed E-state index contributed by atoms with van der Waals surface area (Å²) < 4.78 is 28.4. The standard InChI is InChI=1S/C12H16O4S/c1-9-2-6-11(7-3-9)17(14,15)16-8-12(13)10-4-5-10/h2-3,6-7,10,12-13H,4-5,8H2,1H3/t12-/m1/s1. The molecular weight excluding hydrogens is 240 g/mol. The van der Waals surface area contributed by atoms with Crippen molar-refractivity contribution in [2.75, 3.05) is 6.61 Å². The molecule has 0 heterocycles. The number of hydrogen-bond acceptors (Lipinski definition) is 4. The largest absolute Gasteiger partial charge is 0.390 e. The minimum atomic E-state index is -3.74. The van der Waals surface area contributed by atoms with E-state index in [1.165, 1.54) is 12.1 Å². The molecule has 1 aliphatic rings. The lowest BCUT2D eigenvalue weighted by Crippen LogP contribution is -2.20. The second-order valence-corrected chi connectivity index (χ2v) is 6.07. The van der Waals surface area contributed by atoms with Gasteiger partial charge in [0.05, 0.1) is 17.6 Å². The van der Waals surface area contributed by atoms with Gasteiger partial charge >= 0.3 is 0 Å². The first-order valence-electron chi connectivity index (χ1n) is 5.63. The molecule has 0 radical (unpaired) electrons. The van der Waals surface area contributed by atoms with Crippen LogP contribution in [-0.2, 0) is 14.3 Å². The quantitative estimate of drug-likeness (QED) is 0.810. The second-order valence-electron chi connectivity index (χ2n) is 4.46. The molecule has 1 aromatic rings. The summed E-state index contributed by atoms with van der Waals surface area (Å²) in [5.41, 5.74) is 0.988. The predicted octanol–water partition coefficient (Wildman–Crippen LogP) is 1.47. The van der Waals surface area contributed by atoms with E-state index in [1.807, 2.05) is 6.92 Å². The zero-order chi connectivity index (χ0) is 12.5. The highest BCUT2D eigenvalue weighted by atomic mass is 32.2. The van der Waals surface area contributed by atoms with E-state index in [0.29, 0.717) is 0 Å². The maximum Gasteiger partial charge on any atom is 0.297 e. The highest BCUT2D eigenvalue weighted by Gasteiger charge is 2.31. The average Bonchev–Trinajstić information content (AvgIpc) is 3.10. The van der Waals surface area contributed by atoms with E-state index in [9.17, 15) is 13.5 Å². The summed E-state index contributed by atoms with van der Waals surface area (Å²) in [6, 6.07) is 6.45. The third-order valence-electron chi connectivity index (χ3n) is 2.87. The molecule has 4 nitrogen and oxygen atoms in total. The first kappa shape index (κ1) is 12.5. The van der Waals surface area contributed by atoms with Crippen LogP contribution in [0.1, 0.15) is 18.4 Å². The summed E-state index contributed by atoms with van der Waals surface area (Å²) in [4.78, 5) is 0.131. The van der Waals surface area contributed by atoms with Gasteiger partial charge in [0.1, 0.15) is 0 Å². The molecule has 1 fully saturated rings. The van der Waals surface area contributed by atoms with Crippen molar-refractivity contribution in [1.29, 1.82) is 0 Å². The molecule has 17 heavy (non-hydrogen) atoms. The SMILES string of the molecule is Cc1ccc(S(=O)(=O)OC[C@@H](O)C2CC2)cc1. The molecule has 5 heteroatoms. The van der Waals surface area contributed by atoms with Crippen molar-refractivity contribution < 1.29 is 17.7 Å². The number of benzene rings is 1. The molecule has 0 amide bonds. The van der Waals surface area contributed by atoms with Crippen molar-refractivity contribution in [3.8, 4) is 0 Å². The Morgan fingerprint density at radius 3 is 2.47 bits per heavy atom. The van der Waals surface area contributed by atoms with Gasteiger partial charge < -0.3 is 5.11 Å².